The molecule has 0 aliphatic heterocycles. The van der Waals surface area contributed by atoms with Gasteiger partial charge in [-0.15, -0.1) is 0 Å². The number of hydrogen-bond donors (Lipinski definition) is 3. The van der Waals surface area contributed by atoms with Crippen molar-refractivity contribution in [2.45, 2.75) is 32.8 Å². The highest BCUT2D eigenvalue weighted by atomic mass is 16.3. The van der Waals surface area contributed by atoms with Crippen LogP contribution in [-0.4, -0.2) is 33.0 Å². The smallest absolute Gasteiger partial charge is 0.169 e. The summed E-state index contributed by atoms with van der Waals surface area (Å²) in [6.07, 6.45) is -0.509. The number of phenols is 2. The number of phenolic OH excluding ortho intramolecular Hbond substituents is 2. The van der Waals surface area contributed by atoms with Crippen molar-refractivity contribution in [3.63, 3.8) is 0 Å². The Balaban J connectivity index is 2.43. The lowest BCUT2D eigenvalue weighted by atomic mass is 9.84. The molecular formula is C17H16O5. The second kappa shape index (κ2) is 4.81. The van der Waals surface area contributed by atoms with E-state index in [0.29, 0.717) is 21.9 Å². The van der Waals surface area contributed by atoms with E-state index in [2.05, 4.69) is 0 Å². The first-order chi connectivity index (χ1) is 10.3. The zero-order valence-electron chi connectivity index (χ0n) is 12.3. The number of benzene rings is 2. The van der Waals surface area contributed by atoms with Gasteiger partial charge in [0.1, 0.15) is 11.5 Å². The van der Waals surface area contributed by atoms with Crippen LogP contribution in [0.1, 0.15) is 45.2 Å². The molecule has 1 unspecified atom stereocenters. The number of rotatable bonds is 1. The number of fused-ring (bicyclic) bond motifs is 2. The summed E-state index contributed by atoms with van der Waals surface area (Å²) in [6.45, 7) is 2.97. The number of aliphatic hydroxyl groups excluding tert-OH is 1. The molecule has 3 rings (SSSR count). The van der Waals surface area contributed by atoms with E-state index in [1.54, 1.807) is 13.0 Å². The number of Topliss-reactive ketones (excluding diaryl/α,β-unsaturated/α-hetero) is 2. The highest BCUT2D eigenvalue weighted by molar-refractivity contribution is 6.11. The van der Waals surface area contributed by atoms with Gasteiger partial charge in [0.2, 0.25) is 0 Å². The van der Waals surface area contributed by atoms with E-state index < -0.39 is 6.10 Å². The maximum atomic E-state index is 12.1. The van der Waals surface area contributed by atoms with E-state index in [4.69, 9.17) is 0 Å². The van der Waals surface area contributed by atoms with Gasteiger partial charge in [-0.2, -0.15) is 0 Å². The minimum absolute atomic E-state index is 0.0250. The number of ketones is 2. The van der Waals surface area contributed by atoms with Crippen LogP contribution in [0.25, 0.3) is 10.8 Å². The zero-order valence-corrected chi connectivity index (χ0v) is 12.3. The fraction of sp³-hybridized carbons (Fsp3) is 0.294. The Morgan fingerprint density at radius 1 is 1.23 bits per heavy atom. The third-order valence-corrected chi connectivity index (χ3v) is 4.22. The van der Waals surface area contributed by atoms with Crippen LogP contribution in [0.2, 0.25) is 0 Å². The Bertz CT molecular complexity index is 835. The van der Waals surface area contributed by atoms with Gasteiger partial charge in [-0.1, -0.05) is 0 Å². The van der Waals surface area contributed by atoms with Crippen molar-refractivity contribution in [3.8, 4) is 11.5 Å². The van der Waals surface area contributed by atoms with Gasteiger partial charge in [-0.25, -0.2) is 0 Å². The molecule has 22 heavy (non-hydrogen) atoms. The predicted molar refractivity (Wildman–Crippen MR) is 80.7 cm³/mol. The van der Waals surface area contributed by atoms with Gasteiger partial charge in [0.15, 0.2) is 11.6 Å². The molecule has 0 fully saturated rings. The molecule has 0 saturated heterocycles. The Morgan fingerprint density at radius 2 is 1.91 bits per heavy atom. The second-order valence-electron chi connectivity index (χ2n) is 5.79. The molecule has 114 valence electrons. The fourth-order valence-corrected chi connectivity index (χ4v) is 3.35. The highest BCUT2D eigenvalue weighted by Gasteiger charge is 2.29. The van der Waals surface area contributed by atoms with Gasteiger partial charge in [0.25, 0.3) is 0 Å². The molecule has 1 aliphatic carbocycles. The van der Waals surface area contributed by atoms with E-state index in [-0.39, 0.29) is 47.0 Å². The number of carbonyl (C=O) groups is 2. The van der Waals surface area contributed by atoms with Crippen molar-refractivity contribution >= 4 is 22.3 Å². The van der Waals surface area contributed by atoms with Crippen molar-refractivity contribution in [2.24, 2.45) is 0 Å². The van der Waals surface area contributed by atoms with Crippen molar-refractivity contribution in [2.75, 3.05) is 0 Å². The number of carbonyl (C=O) groups excluding carboxylic acids is 2. The first kappa shape index (κ1) is 14.5. The third kappa shape index (κ3) is 1.97. The Kier molecular flexibility index (Phi) is 3.18. The predicted octanol–water partition coefficient (Wildman–Crippen LogP) is 2.25. The van der Waals surface area contributed by atoms with Crippen molar-refractivity contribution in [1.29, 1.82) is 0 Å². The molecule has 0 aromatic heterocycles. The monoisotopic (exact) mass is 300 g/mol. The summed E-state index contributed by atoms with van der Waals surface area (Å²) in [7, 11) is 0. The van der Waals surface area contributed by atoms with Crippen LogP contribution >= 0.6 is 0 Å². The maximum absolute atomic E-state index is 12.1. The van der Waals surface area contributed by atoms with Crippen LogP contribution in [-0.2, 0) is 6.42 Å². The molecule has 2 aromatic carbocycles. The van der Waals surface area contributed by atoms with Crippen molar-refractivity contribution in [3.05, 3.63) is 34.4 Å². The van der Waals surface area contributed by atoms with Crippen LogP contribution in [0, 0.1) is 6.92 Å². The minimum Gasteiger partial charge on any atom is -0.507 e. The third-order valence-electron chi connectivity index (χ3n) is 4.22. The van der Waals surface area contributed by atoms with Gasteiger partial charge >= 0.3 is 0 Å². The number of aromatic hydroxyl groups is 2. The molecule has 0 amide bonds. The van der Waals surface area contributed by atoms with E-state index in [1.807, 2.05) is 0 Å². The largest absolute Gasteiger partial charge is 0.507 e. The summed E-state index contributed by atoms with van der Waals surface area (Å²) < 4.78 is 0. The Morgan fingerprint density at radius 3 is 2.55 bits per heavy atom. The lowest BCUT2D eigenvalue weighted by Gasteiger charge is -2.22. The second-order valence-corrected chi connectivity index (χ2v) is 5.79. The quantitative estimate of drug-likeness (QED) is 0.702. The number of hydrogen-bond acceptors (Lipinski definition) is 5. The number of aryl methyl sites for hydroxylation is 1. The molecule has 0 spiro atoms. The van der Waals surface area contributed by atoms with Crippen LogP contribution in [0.3, 0.4) is 0 Å². The molecule has 3 N–H and O–H groups in total. The van der Waals surface area contributed by atoms with Gasteiger partial charge in [0, 0.05) is 11.8 Å². The molecule has 1 aliphatic rings. The van der Waals surface area contributed by atoms with Crippen molar-refractivity contribution < 1.29 is 24.9 Å². The van der Waals surface area contributed by atoms with Crippen LogP contribution < -0.4 is 0 Å². The summed E-state index contributed by atoms with van der Waals surface area (Å²) in [6, 6.07) is 3.09. The normalized spacial score (nSPS) is 17.6. The average molecular weight is 300 g/mol. The highest BCUT2D eigenvalue weighted by Crippen LogP contribution is 2.41. The van der Waals surface area contributed by atoms with E-state index in [9.17, 15) is 24.9 Å². The van der Waals surface area contributed by atoms with E-state index >= 15 is 0 Å². The Labute approximate surface area is 126 Å². The van der Waals surface area contributed by atoms with Gasteiger partial charge < -0.3 is 15.3 Å². The van der Waals surface area contributed by atoms with Crippen molar-refractivity contribution in [1.82, 2.24) is 0 Å². The lowest BCUT2D eigenvalue weighted by Crippen LogP contribution is -2.24. The molecule has 5 heteroatoms. The molecule has 0 heterocycles. The van der Waals surface area contributed by atoms with Crippen LogP contribution in [0.5, 0.6) is 11.5 Å². The molecule has 0 radical (unpaired) electrons. The van der Waals surface area contributed by atoms with Gasteiger partial charge in [-0.05, 0) is 48.9 Å². The SMILES string of the molecule is CC(=O)c1c(O)cc2cc3c(c(O)c2c1C)C(=O)CC(O)C3. The molecule has 1 atom stereocenters. The van der Waals surface area contributed by atoms with Crippen LogP contribution in [0.4, 0.5) is 0 Å². The molecule has 0 saturated carbocycles. The van der Waals surface area contributed by atoms with Gasteiger partial charge in [0.05, 0.1) is 17.2 Å². The number of aliphatic hydroxyl groups is 1. The summed E-state index contributed by atoms with van der Waals surface area (Å²) in [4.78, 5) is 23.8. The van der Waals surface area contributed by atoms with Crippen LogP contribution in [0.15, 0.2) is 12.1 Å². The maximum Gasteiger partial charge on any atom is 0.169 e. The zero-order chi connectivity index (χ0) is 16.2. The Hall–Kier alpha value is -2.40. The standard InChI is InChI=1S/C17H16O5/c1-7-14(8(2)18)12(20)5-10-3-9-4-11(19)6-13(21)16(9)17(22)15(7)10/h3,5,11,19-20,22H,4,6H2,1-2H3. The first-order valence-corrected chi connectivity index (χ1v) is 7.04. The molecular weight excluding hydrogens is 284 g/mol. The van der Waals surface area contributed by atoms with E-state index in [1.165, 1.54) is 13.0 Å². The molecule has 5 nitrogen and oxygen atoms in total. The average Bonchev–Trinajstić information content (AvgIpc) is 2.35. The molecule has 0 bridgehead atoms. The van der Waals surface area contributed by atoms with Gasteiger partial charge in [-0.3, -0.25) is 9.59 Å². The summed E-state index contributed by atoms with van der Waals surface area (Å²) in [5.74, 6) is -0.954. The minimum atomic E-state index is -0.761. The topological polar surface area (TPSA) is 94.8 Å². The fourth-order valence-electron chi connectivity index (χ4n) is 3.35. The molecule has 2 aromatic rings. The summed E-state index contributed by atoms with van der Waals surface area (Å²) >= 11 is 0. The summed E-state index contributed by atoms with van der Waals surface area (Å²) in [5.41, 5.74) is 1.36. The lowest BCUT2D eigenvalue weighted by molar-refractivity contribution is 0.0850. The first-order valence-electron chi connectivity index (χ1n) is 7.04. The van der Waals surface area contributed by atoms with E-state index in [0.717, 1.165) is 0 Å². The summed E-state index contributed by atoms with van der Waals surface area (Å²) in [5, 5.41) is 31.2.